The molecule has 1 atom stereocenters. The minimum Gasteiger partial charge on any atom is -0.481 e. The van der Waals surface area contributed by atoms with Gasteiger partial charge in [-0.15, -0.1) is 0 Å². The van der Waals surface area contributed by atoms with E-state index in [4.69, 9.17) is 9.84 Å². The van der Waals surface area contributed by atoms with Crippen molar-refractivity contribution in [3.8, 4) is 0 Å². The van der Waals surface area contributed by atoms with Crippen LogP contribution in [0.3, 0.4) is 0 Å². The van der Waals surface area contributed by atoms with Crippen molar-refractivity contribution in [1.82, 2.24) is 4.90 Å². The van der Waals surface area contributed by atoms with Crippen LogP contribution in [-0.2, 0) is 14.3 Å². The van der Waals surface area contributed by atoms with Gasteiger partial charge in [0.25, 0.3) is 0 Å². The Morgan fingerprint density at radius 3 is 2.44 bits per heavy atom. The lowest BCUT2D eigenvalue weighted by Crippen LogP contribution is -2.40. The molecular formula is C11H21NO4. The number of ether oxygens (including phenoxy) is 1. The van der Waals surface area contributed by atoms with Crippen LogP contribution in [0, 0.1) is 0 Å². The van der Waals surface area contributed by atoms with Crippen molar-refractivity contribution in [3.05, 3.63) is 0 Å². The Bertz CT molecular complexity index is 230. The van der Waals surface area contributed by atoms with Crippen LogP contribution in [0.25, 0.3) is 0 Å². The summed E-state index contributed by atoms with van der Waals surface area (Å²) in [6, 6.07) is -0.267. The maximum atomic E-state index is 11.7. The fourth-order valence-corrected chi connectivity index (χ4v) is 1.54. The highest BCUT2D eigenvalue weighted by molar-refractivity contribution is 5.77. The molecule has 0 fully saturated rings. The molecule has 0 rings (SSSR count). The van der Waals surface area contributed by atoms with Crippen LogP contribution in [-0.4, -0.2) is 47.7 Å². The number of amides is 1. The van der Waals surface area contributed by atoms with Gasteiger partial charge < -0.3 is 14.7 Å². The molecule has 16 heavy (non-hydrogen) atoms. The normalized spacial score (nSPS) is 12.2. The molecule has 0 aromatic heterocycles. The zero-order valence-electron chi connectivity index (χ0n) is 10.2. The molecule has 0 aliphatic heterocycles. The molecule has 0 bridgehead atoms. The van der Waals surface area contributed by atoms with E-state index in [2.05, 4.69) is 0 Å². The van der Waals surface area contributed by atoms with Gasteiger partial charge in [-0.25, -0.2) is 0 Å². The number of hydrogen-bond acceptors (Lipinski definition) is 3. The number of nitrogens with zero attached hydrogens (tertiary/aromatic N) is 1. The molecule has 94 valence electrons. The molecule has 5 nitrogen and oxygen atoms in total. The monoisotopic (exact) mass is 231 g/mol. The highest BCUT2D eigenvalue weighted by Gasteiger charge is 2.20. The second kappa shape index (κ2) is 8.10. The molecule has 1 amide bonds. The lowest BCUT2D eigenvalue weighted by atomic mass is 10.2. The highest BCUT2D eigenvalue weighted by Crippen LogP contribution is 2.06. The number of hydrogen-bond donors (Lipinski definition) is 1. The summed E-state index contributed by atoms with van der Waals surface area (Å²) in [5, 5.41) is 8.66. The largest absolute Gasteiger partial charge is 0.481 e. The third kappa shape index (κ3) is 5.70. The average Bonchev–Trinajstić information content (AvgIpc) is 2.18. The molecule has 0 aliphatic rings. The van der Waals surface area contributed by atoms with Crippen LogP contribution in [0.2, 0.25) is 0 Å². The molecular weight excluding hydrogens is 210 g/mol. The molecule has 0 saturated heterocycles. The molecule has 0 heterocycles. The summed E-state index contributed by atoms with van der Waals surface area (Å²) in [6.07, 6.45) is 0.292. The summed E-state index contributed by atoms with van der Waals surface area (Å²) >= 11 is 0. The van der Waals surface area contributed by atoms with Crippen LogP contribution >= 0.6 is 0 Å². The second-order valence-electron chi connectivity index (χ2n) is 3.57. The number of aliphatic carboxylic acids is 1. The van der Waals surface area contributed by atoms with Crippen LogP contribution in [0.15, 0.2) is 0 Å². The van der Waals surface area contributed by atoms with Crippen molar-refractivity contribution >= 4 is 11.9 Å². The number of rotatable bonds is 8. The lowest BCUT2D eigenvalue weighted by Gasteiger charge is -2.27. The number of carboxylic acids is 1. The van der Waals surface area contributed by atoms with Crippen molar-refractivity contribution in [2.24, 2.45) is 0 Å². The van der Waals surface area contributed by atoms with Crippen molar-refractivity contribution < 1.29 is 19.4 Å². The molecule has 0 spiro atoms. The zero-order chi connectivity index (χ0) is 12.6. The Morgan fingerprint density at radius 1 is 1.38 bits per heavy atom. The van der Waals surface area contributed by atoms with E-state index < -0.39 is 5.97 Å². The Hall–Kier alpha value is -1.10. The first-order chi connectivity index (χ1) is 7.52. The molecule has 0 aromatic carbocycles. The molecule has 0 aliphatic carbocycles. The minimum atomic E-state index is -0.886. The molecule has 5 heteroatoms. The van der Waals surface area contributed by atoms with Crippen molar-refractivity contribution in [1.29, 1.82) is 0 Å². The number of carbonyl (C=O) groups is 2. The Kier molecular flexibility index (Phi) is 7.54. The molecule has 1 unspecified atom stereocenters. The van der Waals surface area contributed by atoms with Gasteiger partial charge >= 0.3 is 5.97 Å². The first-order valence-electron chi connectivity index (χ1n) is 5.61. The van der Waals surface area contributed by atoms with Gasteiger partial charge in [0.15, 0.2) is 0 Å². The van der Waals surface area contributed by atoms with Gasteiger partial charge in [0.1, 0.15) is 0 Å². The van der Waals surface area contributed by atoms with Crippen molar-refractivity contribution in [2.45, 2.75) is 39.7 Å². The molecule has 0 saturated carbocycles. The van der Waals surface area contributed by atoms with Crippen LogP contribution in [0.5, 0.6) is 0 Å². The van der Waals surface area contributed by atoms with E-state index in [0.29, 0.717) is 26.2 Å². The molecule has 0 radical (unpaired) electrons. The predicted molar refractivity (Wildman–Crippen MR) is 60.2 cm³/mol. The summed E-state index contributed by atoms with van der Waals surface area (Å²) in [7, 11) is 0. The van der Waals surface area contributed by atoms with E-state index in [1.807, 2.05) is 13.8 Å². The second-order valence-corrected chi connectivity index (χ2v) is 3.57. The predicted octanol–water partition coefficient (Wildman–Crippen LogP) is 1.12. The Balaban J connectivity index is 4.14. The van der Waals surface area contributed by atoms with Gasteiger partial charge in [-0.2, -0.15) is 0 Å². The van der Waals surface area contributed by atoms with Gasteiger partial charge in [0, 0.05) is 19.2 Å². The lowest BCUT2D eigenvalue weighted by molar-refractivity contribution is -0.140. The maximum absolute atomic E-state index is 11.7. The van der Waals surface area contributed by atoms with Gasteiger partial charge in [-0.3, -0.25) is 9.59 Å². The van der Waals surface area contributed by atoms with Crippen molar-refractivity contribution in [2.75, 3.05) is 19.8 Å². The van der Waals surface area contributed by atoms with E-state index in [1.165, 1.54) is 0 Å². The van der Waals surface area contributed by atoms with E-state index in [-0.39, 0.29) is 18.4 Å². The fourth-order valence-electron chi connectivity index (χ4n) is 1.54. The van der Waals surface area contributed by atoms with Crippen LogP contribution in [0.1, 0.15) is 33.6 Å². The number of carboxylic acid groups (broad SMARTS) is 1. The summed E-state index contributed by atoms with van der Waals surface area (Å²) in [5.74, 6) is -0.937. The van der Waals surface area contributed by atoms with Gasteiger partial charge in [0.05, 0.1) is 19.4 Å². The number of carbonyl (C=O) groups excluding carboxylic acids is 1. The van der Waals surface area contributed by atoms with Crippen LogP contribution in [0.4, 0.5) is 0 Å². The van der Waals surface area contributed by atoms with E-state index >= 15 is 0 Å². The average molecular weight is 231 g/mol. The topological polar surface area (TPSA) is 66.8 Å². The van der Waals surface area contributed by atoms with Gasteiger partial charge in [-0.1, -0.05) is 0 Å². The van der Waals surface area contributed by atoms with Gasteiger partial charge in [0.2, 0.25) is 5.91 Å². The quantitative estimate of drug-likeness (QED) is 0.636. The fraction of sp³-hybridized carbons (Fsp3) is 0.818. The maximum Gasteiger partial charge on any atom is 0.305 e. The first-order valence-corrected chi connectivity index (χ1v) is 5.61. The summed E-state index contributed by atoms with van der Waals surface area (Å²) < 4.78 is 5.10. The van der Waals surface area contributed by atoms with E-state index in [9.17, 15) is 9.59 Å². The SMILES string of the molecule is CCOCCC(=O)N(CC)C(C)CC(=O)O. The van der Waals surface area contributed by atoms with E-state index in [1.54, 1.807) is 11.8 Å². The van der Waals surface area contributed by atoms with Crippen LogP contribution < -0.4 is 0 Å². The third-order valence-electron chi connectivity index (χ3n) is 2.33. The molecule has 1 N–H and O–H groups in total. The smallest absolute Gasteiger partial charge is 0.305 e. The zero-order valence-corrected chi connectivity index (χ0v) is 10.2. The van der Waals surface area contributed by atoms with E-state index in [0.717, 1.165) is 0 Å². The standard InChI is InChI=1S/C11H21NO4/c1-4-12(9(3)8-11(14)15)10(13)6-7-16-5-2/h9H,4-8H2,1-3H3,(H,14,15). The summed E-state index contributed by atoms with van der Waals surface area (Å²) in [4.78, 5) is 23.9. The minimum absolute atomic E-state index is 0.0196. The summed E-state index contributed by atoms with van der Waals surface area (Å²) in [5.41, 5.74) is 0. The highest BCUT2D eigenvalue weighted by atomic mass is 16.5. The summed E-state index contributed by atoms with van der Waals surface area (Å²) in [6.45, 7) is 6.97. The third-order valence-corrected chi connectivity index (χ3v) is 2.33. The Labute approximate surface area is 96.4 Å². The molecule has 0 aromatic rings. The first kappa shape index (κ1) is 14.9. The Morgan fingerprint density at radius 2 is 2.00 bits per heavy atom. The van der Waals surface area contributed by atoms with Crippen molar-refractivity contribution in [3.63, 3.8) is 0 Å². The van der Waals surface area contributed by atoms with Gasteiger partial charge in [-0.05, 0) is 20.8 Å².